The molecule has 0 unspecified atom stereocenters. The van der Waals surface area contributed by atoms with Crippen LogP contribution in [0.2, 0.25) is 5.02 Å². The number of aromatic nitrogens is 1. The van der Waals surface area contributed by atoms with Crippen molar-refractivity contribution in [3.05, 3.63) is 111 Å². The monoisotopic (exact) mass is 429 g/mol. The highest BCUT2D eigenvalue weighted by molar-refractivity contribution is 6.31. The number of ketones is 1. The van der Waals surface area contributed by atoms with Crippen LogP contribution in [0.4, 0.5) is 0 Å². The minimum absolute atomic E-state index is 0.0370. The number of benzene rings is 3. The van der Waals surface area contributed by atoms with E-state index in [0.29, 0.717) is 32.6 Å². The molecule has 152 valence electrons. The van der Waals surface area contributed by atoms with Crippen LogP contribution in [0.25, 0.3) is 28.1 Å². The molecule has 6 heteroatoms. The first-order chi connectivity index (χ1) is 15.0. The Labute approximate surface area is 182 Å². The second-order valence-electron chi connectivity index (χ2n) is 6.85. The van der Waals surface area contributed by atoms with Gasteiger partial charge in [0.2, 0.25) is 0 Å². The van der Waals surface area contributed by atoms with Gasteiger partial charge in [-0.15, -0.1) is 0 Å². The maximum absolute atomic E-state index is 13.2. The number of carbonyl (C=O) groups excluding carboxylic acids is 1. The molecule has 1 heterocycles. The molecule has 3 aromatic carbocycles. The Morgan fingerprint density at radius 1 is 0.935 bits per heavy atom. The van der Waals surface area contributed by atoms with E-state index in [2.05, 4.69) is 4.98 Å². The summed E-state index contributed by atoms with van der Waals surface area (Å²) in [5.41, 5.74) is 1.59. The zero-order valence-electron chi connectivity index (χ0n) is 16.1. The number of carboxylic acid groups (broad SMARTS) is 1. The summed E-state index contributed by atoms with van der Waals surface area (Å²) in [7, 11) is 0. The molecular weight excluding hydrogens is 414 g/mol. The standard InChI is InChI=1S/C25H16ClNO4/c26-17-11-12-20-19(14-17)22(16-7-2-1-3-8-16)23(24(29)27-20)21(28)13-10-15-6-4-5-9-18(15)25(30)31/h1-14H,(H,27,29)(H,30,31). The maximum atomic E-state index is 13.2. The van der Waals surface area contributed by atoms with Gasteiger partial charge in [0.1, 0.15) is 0 Å². The number of allylic oxidation sites excluding steroid dienone is 1. The summed E-state index contributed by atoms with van der Waals surface area (Å²) in [5.74, 6) is -1.64. The molecule has 0 aliphatic carbocycles. The topological polar surface area (TPSA) is 87.2 Å². The summed E-state index contributed by atoms with van der Waals surface area (Å²) < 4.78 is 0. The fourth-order valence-corrected chi connectivity index (χ4v) is 3.66. The van der Waals surface area contributed by atoms with E-state index in [0.717, 1.165) is 0 Å². The first-order valence-electron chi connectivity index (χ1n) is 9.41. The zero-order chi connectivity index (χ0) is 22.0. The Morgan fingerprint density at radius 3 is 2.39 bits per heavy atom. The highest BCUT2D eigenvalue weighted by atomic mass is 35.5. The fourth-order valence-electron chi connectivity index (χ4n) is 3.49. The normalized spacial score (nSPS) is 11.1. The average Bonchev–Trinajstić information content (AvgIpc) is 2.77. The number of nitrogens with one attached hydrogen (secondary N) is 1. The largest absolute Gasteiger partial charge is 0.478 e. The Bertz CT molecular complexity index is 1400. The fraction of sp³-hybridized carbons (Fsp3) is 0. The number of carbonyl (C=O) groups is 2. The Hall–Kier alpha value is -3.96. The highest BCUT2D eigenvalue weighted by Gasteiger charge is 2.19. The van der Waals surface area contributed by atoms with E-state index in [-0.39, 0.29) is 11.1 Å². The van der Waals surface area contributed by atoms with Crippen LogP contribution < -0.4 is 5.56 Å². The van der Waals surface area contributed by atoms with Crippen LogP contribution in [-0.2, 0) is 0 Å². The zero-order valence-corrected chi connectivity index (χ0v) is 16.9. The van der Waals surface area contributed by atoms with E-state index in [1.54, 1.807) is 36.4 Å². The van der Waals surface area contributed by atoms with Crippen molar-refractivity contribution in [3.8, 4) is 11.1 Å². The number of aromatic amines is 1. The molecule has 0 aliphatic rings. The summed E-state index contributed by atoms with van der Waals surface area (Å²) in [6.07, 6.45) is 2.62. The summed E-state index contributed by atoms with van der Waals surface area (Å²) in [4.78, 5) is 40.2. The lowest BCUT2D eigenvalue weighted by Crippen LogP contribution is -2.18. The van der Waals surface area contributed by atoms with Gasteiger partial charge in [-0.2, -0.15) is 0 Å². The van der Waals surface area contributed by atoms with Gasteiger partial charge in [0.25, 0.3) is 5.56 Å². The van der Waals surface area contributed by atoms with E-state index in [1.807, 2.05) is 30.3 Å². The molecule has 0 saturated heterocycles. The van der Waals surface area contributed by atoms with Crippen molar-refractivity contribution in [1.82, 2.24) is 4.98 Å². The van der Waals surface area contributed by atoms with Crippen LogP contribution >= 0.6 is 11.6 Å². The molecule has 0 saturated carbocycles. The van der Waals surface area contributed by atoms with Crippen LogP contribution in [-0.4, -0.2) is 21.8 Å². The number of carboxylic acids is 1. The van der Waals surface area contributed by atoms with Crippen molar-refractivity contribution >= 4 is 40.3 Å². The number of hydrogen-bond acceptors (Lipinski definition) is 3. The van der Waals surface area contributed by atoms with Crippen molar-refractivity contribution in [2.75, 3.05) is 0 Å². The Balaban J connectivity index is 1.92. The SMILES string of the molecule is O=C(O)c1ccccc1C=CC(=O)c1c(-c2ccccc2)c2cc(Cl)ccc2[nH]c1=O. The molecule has 2 N–H and O–H groups in total. The summed E-state index contributed by atoms with van der Waals surface area (Å²) in [6, 6.07) is 20.5. The van der Waals surface area contributed by atoms with Gasteiger partial charge < -0.3 is 10.1 Å². The van der Waals surface area contributed by atoms with Crippen molar-refractivity contribution < 1.29 is 14.7 Å². The summed E-state index contributed by atoms with van der Waals surface area (Å²) >= 11 is 6.19. The number of H-pyrrole nitrogens is 1. The molecule has 4 rings (SSSR count). The van der Waals surface area contributed by atoms with Crippen LogP contribution in [0.5, 0.6) is 0 Å². The third-order valence-corrected chi connectivity index (χ3v) is 5.13. The third-order valence-electron chi connectivity index (χ3n) is 4.89. The second-order valence-corrected chi connectivity index (χ2v) is 7.29. The number of halogens is 1. The first-order valence-corrected chi connectivity index (χ1v) is 9.79. The molecule has 5 nitrogen and oxygen atoms in total. The molecule has 0 bridgehead atoms. The maximum Gasteiger partial charge on any atom is 0.336 e. The minimum Gasteiger partial charge on any atom is -0.478 e. The average molecular weight is 430 g/mol. The molecule has 0 radical (unpaired) electrons. The van der Waals surface area contributed by atoms with Gasteiger partial charge in [0, 0.05) is 21.5 Å². The number of hydrogen-bond donors (Lipinski definition) is 2. The molecule has 0 atom stereocenters. The van der Waals surface area contributed by atoms with E-state index >= 15 is 0 Å². The Kier molecular flexibility index (Phi) is 5.52. The molecule has 4 aromatic rings. The van der Waals surface area contributed by atoms with Crippen LogP contribution in [0, 0.1) is 0 Å². The Morgan fingerprint density at radius 2 is 1.65 bits per heavy atom. The number of rotatable bonds is 5. The first kappa shape index (κ1) is 20.3. The lowest BCUT2D eigenvalue weighted by molar-refractivity contribution is 0.0696. The quantitative estimate of drug-likeness (QED) is 0.326. The smallest absolute Gasteiger partial charge is 0.336 e. The van der Waals surface area contributed by atoms with Gasteiger partial charge in [-0.1, -0.05) is 66.2 Å². The van der Waals surface area contributed by atoms with Crippen molar-refractivity contribution in [2.45, 2.75) is 0 Å². The summed E-state index contributed by atoms with van der Waals surface area (Å²) in [5, 5.41) is 10.5. The molecule has 0 spiro atoms. The predicted molar refractivity (Wildman–Crippen MR) is 122 cm³/mol. The summed E-state index contributed by atoms with van der Waals surface area (Å²) in [6.45, 7) is 0. The molecule has 0 fully saturated rings. The van der Waals surface area contributed by atoms with E-state index < -0.39 is 17.3 Å². The van der Waals surface area contributed by atoms with E-state index in [4.69, 9.17) is 11.6 Å². The van der Waals surface area contributed by atoms with E-state index in [1.165, 1.54) is 18.2 Å². The second kappa shape index (κ2) is 8.42. The lowest BCUT2D eigenvalue weighted by Gasteiger charge is -2.12. The molecule has 1 aromatic heterocycles. The number of fused-ring (bicyclic) bond motifs is 1. The van der Waals surface area contributed by atoms with E-state index in [9.17, 15) is 19.5 Å². The molecular formula is C25H16ClNO4. The van der Waals surface area contributed by atoms with Crippen molar-refractivity contribution in [2.24, 2.45) is 0 Å². The predicted octanol–water partition coefficient (Wildman–Crippen LogP) is 5.44. The van der Waals surface area contributed by atoms with Crippen molar-refractivity contribution in [1.29, 1.82) is 0 Å². The number of aromatic carboxylic acids is 1. The van der Waals surface area contributed by atoms with Crippen molar-refractivity contribution in [3.63, 3.8) is 0 Å². The highest BCUT2D eigenvalue weighted by Crippen LogP contribution is 2.31. The van der Waals surface area contributed by atoms with Crippen LogP contribution in [0.3, 0.4) is 0 Å². The molecule has 31 heavy (non-hydrogen) atoms. The number of pyridine rings is 1. The van der Waals surface area contributed by atoms with Gasteiger partial charge in [-0.25, -0.2) is 4.79 Å². The van der Waals surface area contributed by atoms with Gasteiger partial charge >= 0.3 is 5.97 Å². The third kappa shape index (κ3) is 4.04. The lowest BCUT2D eigenvalue weighted by atomic mass is 9.93. The van der Waals surface area contributed by atoms with Gasteiger partial charge in [0.15, 0.2) is 5.78 Å². The minimum atomic E-state index is -1.10. The molecule has 0 aliphatic heterocycles. The van der Waals surface area contributed by atoms with Gasteiger partial charge in [-0.3, -0.25) is 9.59 Å². The van der Waals surface area contributed by atoms with Crippen LogP contribution in [0.1, 0.15) is 26.3 Å². The van der Waals surface area contributed by atoms with Gasteiger partial charge in [0.05, 0.1) is 11.1 Å². The molecule has 0 amide bonds. The van der Waals surface area contributed by atoms with Gasteiger partial charge in [-0.05, 0) is 41.5 Å². The van der Waals surface area contributed by atoms with Crippen LogP contribution in [0.15, 0.2) is 83.7 Å².